The fraction of sp³-hybridized carbons (Fsp3) is 0.900. The molecule has 0 aromatic carbocycles. The number of aliphatic imine (C=N–C) groups is 1. The van der Waals surface area contributed by atoms with E-state index in [4.69, 9.17) is 4.99 Å². The van der Waals surface area contributed by atoms with Crippen molar-refractivity contribution in [2.24, 2.45) is 10.9 Å². The summed E-state index contributed by atoms with van der Waals surface area (Å²) in [6.45, 7) is 5.84. The van der Waals surface area contributed by atoms with Gasteiger partial charge in [-0.1, -0.05) is 19.3 Å². The molecule has 1 amide bonds. The number of amides is 1. The van der Waals surface area contributed by atoms with Crippen molar-refractivity contribution in [3.8, 4) is 0 Å². The van der Waals surface area contributed by atoms with Gasteiger partial charge in [-0.05, 0) is 51.1 Å². The smallest absolute Gasteiger partial charge is 0.243 e. The van der Waals surface area contributed by atoms with Crippen molar-refractivity contribution >= 4 is 11.9 Å². The first kappa shape index (κ1) is 19.5. The highest BCUT2D eigenvalue weighted by Crippen LogP contribution is 2.23. The van der Waals surface area contributed by atoms with E-state index in [0.717, 1.165) is 31.5 Å². The largest absolute Gasteiger partial charge is 0.356 e. The van der Waals surface area contributed by atoms with E-state index in [9.17, 15) is 4.79 Å². The van der Waals surface area contributed by atoms with E-state index in [-0.39, 0.29) is 12.5 Å². The molecule has 6 nitrogen and oxygen atoms in total. The zero-order valence-corrected chi connectivity index (χ0v) is 16.8. The summed E-state index contributed by atoms with van der Waals surface area (Å²) in [7, 11) is 3.60. The second-order valence-electron chi connectivity index (χ2n) is 8.44. The third-order valence-electron chi connectivity index (χ3n) is 6.26. The predicted molar refractivity (Wildman–Crippen MR) is 106 cm³/mol. The second kappa shape index (κ2) is 9.58. The number of carbonyl (C=O) groups excluding carboxylic acids is 1. The Kier molecular flexibility index (Phi) is 7.17. The number of nitrogens with one attached hydrogen (secondary N) is 1. The maximum Gasteiger partial charge on any atom is 0.243 e. The van der Waals surface area contributed by atoms with Crippen LogP contribution >= 0.6 is 0 Å². The number of likely N-dealkylation sites (N-methyl/N-ethyl adjacent to an activating group) is 1. The molecule has 3 rings (SSSR count). The lowest BCUT2D eigenvalue weighted by Crippen LogP contribution is -2.44. The van der Waals surface area contributed by atoms with Crippen LogP contribution in [0.2, 0.25) is 0 Å². The Bertz CT molecular complexity index is 481. The summed E-state index contributed by atoms with van der Waals surface area (Å²) in [6, 6.07) is 0.656. The Morgan fingerprint density at radius 1 is 1.04 bits per heavy atom. The molecule has 148 valence electrons. The molecule has 0 radical (unpaired) electrons. The maximum absolute atomic E-state index is 12.0. The summed E-state index contributed by atoms with van der Waals surface area (Å²) < 4.78 is 0. The molecule has 0 aromatic heterocycles. The monoisotopic (exact) mass is 363 g/mol. The molecule has 0 aromatic rings. The Balaban J connectivity index is 1.58. The van der Waals surface area contributed by atoms with Crippen LogP contribution in [0.15, 0.2) is 4.99 Å². The van der Waals surface area contributed by atoms with Crippen molar-refractivity contribution in [2.75, 3.05) is 53.4 Å². The van der Waals surface area contributed by atoms with Gasteiger partial charge in [0.15, 0.2) is 5.96 Å². The van der Waals surface area contributed by atoms with Gasteiger partial charge in [0.25, 0.3) is 0 Å². The number of hydrogen-bond acceptors (Lipinski definition) is 3. The van der Waals surface area contributed by atoms with Crippen LogP contribution in [0.1, 0.15) is 51.4 Å². The maximum atomic E-state index is 12.0. The third kappa shape index (κ3) is 5.35. The van der Waals surface area contributed by atoms with Crippen molar-refractivity contribution in [2.45, 2.75) is 57.4 Å². The Morgan fingerprint density at radius 2 is 1.77 bits per heavy atom. The van der Waals surface area contributed by atoms with Gasteiger partial charge in [0.2, 0.25) is 5.91 Å². The zero-order valence-electron chi connectivity index (χ0n) is 16.8. The summed E-state index contributed by atoms with van der Waals surface area (Å²) in [5.74, 6) is 1.78. The Labute approximate surface area is 159 Å². The van der Waals surface area contributed by atoms with Gasteiger partial charge in [-0.3, -0.25) is 9.69 Å². The van der Waals surface area contributed by atoms with Crippen LogP contribution in [0.25, 0.3) is 0 Å². The number of guanidine groups is 1. The molecule has 1 saturated carbocycles. The summed E-state index contributed by atoms with van der Waals surface area (Å²) in [5, 5.41) is 3.62. The Hall–Kier alpha value is -1.30. The van der Waals surface area contributed by atoms with Crippen LogP contribution in [-0.4, -0.2) is 86.0 Å². The average Bonchev–Trinajstić information content (AvgIpc) is 3.33. The first-order valence-electron chi connectivity index (χ1n) is 10.6. The van der Waals surface area contributed by atoms with E-state index in [0.29, 0.717) is 6.04 Å². The van der Waals surface area contributed by atoms with Crippen molar-refractivity contribution in [3.63, 3.8) is 0 Å². The van der Waals surface area contributed by atoms with Gasteiger partial charge < -0.3 is 15.1 Å². The van der Waals surface area contributed by atoms with Gasteiger partial charge in [-0.25, -0.2) is 4.99 Å². The molecule has 1 aliphatic carbocycles. The van der Waals surface area contributed by atoms with Gasteiger partial charge in [-0.15, -0.1) is 0 Å². The normalized spacial score (nSPS) is 25.7. The predicted octanol–water partition coefficient (Wildman–Crippen LogP) is 1.77. The molecule has 2 heterocycles. The molecular weight excluding hydrogens is 326 g/mol. The van der Waals surface area contributed by atoms with Gasteiger partial charge in [0.05, 0.1) is 0 Å². The van der Waals surface area contributed by atoms with Crippen LogP contribution in [0.4, 0.5) is 0 Å². The van der Waals surface area contributed by atoms with E-state index < -0.39 is 0 Å². The van der Waals surface area contributed by atoms with Gasteiger partial charge in [-0.2, -0.15) is 0 Å². The van der Waals surface area contributed by atoms with Crippen molar-refractivity contribution in [3.05, 3.63) is 0 Å². The molecule has 3 aliphatic rings. The number of carbonyl (C=O) groups is 1. The topological polar surface area (TPSA) is 51.2 Å². The first-order chi connectivity index (χ1) is 12.6. The Morgan fingerprint density at radius 3 is 2.46 bits per heavy atom. The van der Waals surface area contributed by atoms with Gasteiger partial charge in [0, 0.05) is 39.8 Å². The molecule has 6 heteroatoms. The van der Waals surface area contributed by atoms with Crippen molar-refractivity contribution in [1.82, 2.24) is 20.0 Å². The number of hydrogen-bond donors (Lipinski definition) is 1. The van der Waals surface area contributed by atoms with E-state index >= 15 is 0 Å². The number of nitrogens with zero attached hydrogens (tertiary/aromatic N) is 4. The standard InChI is InChI=1S/C20H37N5O/c1-23(2)19(26)15-22-20(21-14-17-8-4-3-5-9-17)25-13-10-18(16-25)24-11-6-7-12-24/h17-18H,3-16H2,1-2H3,(H,21,22). The van der Waals surface area contributed by atoms with Crippen LogP contribution in [-0.2, 0) is 4.79 Å². The molecule has 1 atom stereocenters. The lowest BCUT2D eigenvalue weighted by Gasteiger charge is -2.28. The molecule has 3 fully saturated rings. The van der Waals surface area contributed by atoms with Gasteiger partial charge >= 0.3 is 0 Å². The summed E-state index contributed by atoms with van der Waals surface area (Å²) in [5.41, 5.74) is 0. The highest BCUT2D eigenvalue weighted by Gasteiger charge is 2.31. The molecule has 1 unspecified atom stereocenters. The zero-order chi connectivity index (χ0) is 18.4. The SMILES string of the molecule is CN(C)C(=O)CN=C(NCC1CCCCC1)N1CCC(N2CCCC2)C1. The molecule has 0 spiro atoms. The molecule has 26 heavy (non-hydrogen) atoms. The van der Waals surface area contributed by atoms with Crippen molar-refractivity contribution < 1.29 is 4.79 Å². The van der Waals surface area contributed by atoms with Crippen LogP contribution in [0, 0.1) is 5.92 Å². The number of likely N-dealkylation sites (tertiary alicyclic amines) is 2. The highest BCUT2D eigenvalue weighted by atomic mass is 16.2. The summed E-state index contributed by atoms with van der Waals surface area (Å²) >= 11 is 0. The third-order valence-corrected chi connectivity index (χ3v) is 6.26. The molecular formula is C20H37N5O. The molecule has 1 N–H and O–H groups in total. The van der Waals surface area contributed by atoms with Crippen LogP contribution in [0.5, 0.6) is 0 Å². The van der Waals surface area contributed by atoms with E-state index in [2.05, 4.69) is 15.1 Å². The minimum Gasteiger partial charge on any atom is -0.356 e. The first-order valence-corrected chi connectivity index (χ1v) is 10.6. The van der Waals surface area contributed by atoms with Crippen molar-refractivity contribution in [1.29, 1.82) is 0 Å². The highest BCUT2D eigenvalue weighted by molar-refractivity contribution is 5.85. The summed E-state index contributed by atoms with van der Waals surface area (Å²) in [4.78, 5) is 23.4. The van der Waals surface area contributed by atoms with Crippen LogP contribution in [0.3, 0.4) is 0 Å². The fourth-order valence-electron chi connectivity index (χ4n) is 4.52. The summed E-state index contributed by atoms with van der Waals surface area (Å²) in [6.07, 6.45) is 10.7. The molecule has 2 aliphatic heterocycles. The van der Waals surface area contributed by atoms with E-state index in [1.54, 1.807) is 19.0 Å². The average molecular weight is 364 g/mol. The fourth-order valence-corrected chi connectivity index (χ4v) is 4.52. The van der Waals surface area contributed by atoms with E-state index in [1.165, 1.54) is 64.5 Å². The minimum atomic E-state index is 0.0669. The lowest BCUT2D eigenvalue weighted by atomic mass is 9.89. The number of rotatable bonds is 5. The molecule has 2 saturated heterocycles. The second-order valence-corrected chi connectivity index (χ2v) is 8.44. The van der Waals surface area contributed by atoms with Crippen LogP contribution < -0.4 is 5.32 Å². The molecule has 0 bridgehead atoms. The van der Waals surface area contributed by atoms with Gasteiger partial charge in [0.1, 0.15) is 6.54 Å². The van der Waals surface area contributed by atoms with E-state index in [1.807, 2.05) is 0 Å². The lowest BCUT2D eigenvalue weighted by molar-refractivity contribution is -0.127. The minimum absolute atomic E-state index is 0.0669. The quantitative estimate of drug-likeness (QED) is 0.597.